The highest BCUT2D eigenvalue weighted by Gasteiger charge is 2.23. The molecule has 10 nitrogen and oxygen atoms in total. The van der Waals surface area contributed by atoms with Gasteiger partial charge >= 0.3 is 0 Å². The summed E-state index contributed by atoms with van der Waals surface area (Å²) in [6, 6.07) is 18.2. The number of pyridine rings is 1. The van der Waals surface area contributed by atoms with Gasteiger partial charge in [0.25, 0.3) is 5.56 Å². The maximum absolute atomic E-state index is 16.1. The van der Waals surface area contributed by atoms with Gasteiger partial charge in [0.05, 0.1) is 17.2 Å². The number of amides is 2. The predicted octanol–water partition coefficient (Wildman–Crippen LogP) is 5.89. The zero-order chi connectivity index (χ0) is 36.4. The first kappa shape index (κ1) is 35.6. The van der Waals surface area contributed by atoms with Gasteiger partial charge in [-0.1, -0.05) is 71.7 Å². The minimum atomic E-state index is -0.532. The van der Waals surface area contributed by atoms with Crippen LogP contribution < -0.4 is 31.6 Å². The van der Waals surface area contributed by atoms with E-state index in [0.29, 0.717) is 88.1 Å². The largest absolute Gasteiger partial charge is 0.493 e. The van der Waals surface area contributed by atoms with Gasteiger partial charge in [0.15, 0.2) is 11.6 Å². The average molecular weight is 744 g/mol. The number of nitrogens with zero attached hydrogens (tertiary/aromatic N) is 2. The molecule has 0 radical (unpaired) electrons. The average Bonchev–Trinajstić information content (AvgIpc) is 3.76. The Morgan fingerprint density at radius 3 is 1.98 bits per heavy atom. The molecule has 268 valence electrons. The van der Waals surface area contributed by atoms with E-state index in [1.54, 1.807) is 36.7 Å². The van der Waals surface area contributed by atoms with Crippen molar-refractivity contribution in [3.05, 3.63) is 110 Å². The lowest BCUT2D eigenvalue weighted by Crippen LogP contribution is -2.36. The number of carbonyl (C=O) groups is 2. The number of aromatic nitrogens is 2. The standard InChI is InChI=1S/C39H37Cl2FN6O4/c1-52-38-23(17-43-20-25-9-12-33(49)46-25)8-11-31(37(38)42)30-7-3-6-29(36(30)41)28-5-2-4-27(35(28)40)22-14-15-48-32(16-22)45-19-24(39(48)51)18-44-21-26-10-13-34(50)47-26/h2-8,11,14-16,19,25-26,43-44H,9-10,12-13,17-18,20-21H2,1H3,(H,46,49)(H,47,50)/t25-,26-/m0/s1. The molecule has 2 atom stereocenters. The van der Waals surface area contributed by atoms with Gasteiger partial charge in [0.1, 0.15) is 5.65 Å². The summed E-state index contributed by atoms with van der Waals surface area (Å²) in [6.45, 7) is 1.84. The smallest absolute Gasteiger partial charge is 0.262 e. The molecule has 3 aromatic carbocycles. The predicted molar refractivity (Wildman–Crippen MR) is 200 cm³/mol. The van der Waals surface area contributed by atoms with E-state index >= 15 is 4.39 Å². The van der Waals surface area contributed by atoms with E-state index in [9.17, 15) is 14.4 Å². The summed E-state index contributed by atoms with van der Waals surface area (Å²) in [4.78, 5) is 40.8. The van der Waals surface area contributed by atoms with Gasteiger partial charge in [-0.25, -0.2) is 9.37 Å². The number of hydrogen-bond donors (Lipinski definition) is 4. The third kappa shape index (κ3) is 7.27. The van der Waals surface area contributed by atoms with Crippen molar-refractivity contribution in [2.45, 2.75) is 50.9 Å². The SMILES string of the molecule is COc1c(CNC[C@@H]2CCC(=O)N2)ccc(-c2cccc(-c3cccc(-c4ccn5c(=O)c(CNC[C@@H]6CCC(=O)N6)cnc5c4)c3Cl)c2Cl)c1F. The molecule has 2 aliphatic heterocycles. The molecule has 52 heavy (non-hydrogen) atoms. The molecule has 13 heteroatoms. The fourth-order valence-corrected chi connectivity index (χ4v) is 7.57. The van der Waals surface area contributed by atoms with Crippen LogP contribution in [-0.2, 0) is 22.7 Å². The lowest BCUT2D eigenvalue weighted by Gasteiger charge is -2.17. The van der Waals surface area contributed by atoms with Crippen molar-refractivity contribution in [2.75, 3.05) is 20.2 Å². The van der Waals surface area contributed by atoms with Crippen LogP contribution in [0.3, 0.4) is 0 Å². The number of hydrogen-bond acceptors (Lipinski definition) is 7. The van der Waals surface area contributed by atoms with Crippen molar-refractivity contribution in [2.24, 2.45) is 0 Å². The number of rotatable bonds is 12. The van der Waals surface area contributed by atoms with E-state index in [4.69, 9.17) is 27.9 Å². The highest BCUT2D eigenvalue weighted by Crippen LogP contribution is 2.44. The van der Waals surface area contributed by atoms with Gasteiger partial charge in [-0.2, -0.15) is 0 Å². The van der Waals surface area contributed by atoms with E-state index < -0.39 is 5.82 Å². The highest BCUT2D eigenvalue weighted by molar-refractivity contribution is 6.39. The van der Waals surface area contributed by atoms with Gasteiger partial charge in [-0.05, 0) is 30.5 Å². The fourth-order valence-electron chi connectivity index (χ4n) is 6.90. The third-order valence-electron chi connectivity index (χ3n) is 9.63. The number of carbonyl (C=O) groups excluding carboxylic acids is 2. The molecule has 2 amide bonds. The molecule has 0 bridgehead atoms. The summed E-state index contributed by atoms with van der Waals surface area (Å²) >= 11 is 14.1. The maximum Gasteiger partial charge on any atom is 0.262 e. The maximum atomic E-state index is 16.1. The molecule has 0 spiro atoms. The first-order valence-corrected chi connectivity index (χ1v) is 17.9. The van der Waals surface area contributed by atoms with Gasteiger partial charge < -0.3 is 26.0 Å². The molecule has 4 heterocycles. The van der Waals surface area contributed by atoms with E-state index in [-0.39, 0.29) is 40.8 Å². The summed E-state index contributed by atoms with van der Waals surface area (Å²) in [5.74, 6) is -0.319. The van der Waals surface area contributed by atoms with Crippen molar-refractivity contribution in [3.63, 3.8) is 0 Å². The summed E-state index contributed by atoms with van der Waals surface area (Å²) in [5.41, 5.74) is 4.95. The third-order valence-corrected chi connectivity index (χ3v) is 10.4. The molecule has 0 aliphatic carbocycles. The van der Waals surface area contributed by atoms with Gasteiger partial charge in [0.2, 0.25) is 11.8 Å². The van der Waals surface area contributed by atoms with Crippen LogP contribution in [0.1, 0.15) is 36.8 Å². The minimum absolute atomic E-state index is 0.0450. The lowest BCUT2D eigenvalue weighted by molar-refractivity contribution is -0.120. The topological polar surface area (TPSA) is 126 Å². The number of fused-ring (bicyclic) bond motifs is 1. The Labute approximate surface area is 309 Å². The molecular formula is C39H37Cl2FN6O4. The molecule has 2 fully saturated rings. The summed E-state index contributed by atoms with van der Waals surface area (Å²) in [6.07, 6.45) is 5.83. The Morgan fingerprint density at radius 2 is 1.38 bits per heavy atom. The Hall–Kier alpha value is -4.81. The van der Waals surface area contributed by atoms with Crippen LogP contribution in [0.25, 0.3) is 39.0 Å². The van der Waals surface area contributed by atoms with Gasteiger partial charge in [0, 0.05) is 102 Å². The van der Waals surface area contributed by atoms with Crippen LogP contribution >= 0.6 is 23.2 Å². The van der Waals surface area contributed by atoms with Gasteiger partial charge in [-0.15, -0.1) is 0 Å². The lowest BCUT2D eigenvalue weighted by atomic mass is 9.95. The van der Waals surface area contributed by atoms with Crippen molar-refractivity contribution in [3.8, 4) is 39.1 Å². The molecular weight excluding hydrogens is 706 g/mol. The zero-order valence-electron chi connectivity index (χ0n) is 28.4. The first-order valence-electron chi connectivity index (χ1n) is 17.2. The van der Waals surface area contributed by atoms with Crippen molar-refractivity contribution in [1.82, 2.24) is 30.7 Å². The Kier molecular flexibility index (Phi) is 10.6. The number of ether oxygens (including phenoxy) is 1. The molecule has 2 saturated heterocycles. The van der Waals surface area contributed by atoms with Gasteiger partial charge in [-0.3, -0.25) is 18.8 Å². The van der Waals surface area contributed by atoms with E-state index in [2.05, 4.69) is 26.3 Å². The minimum Gasteiger partial charge on any atom is -0.493 e. The van der Waals surface area contributed by atoms with Crippen LogP contribution in [-0.4, -0.2) is 53.5 Å². The van der Waals surface area contributed by atoms with Crippen molar-refractivity contribution >= 4 is 40.7 Å². The second kappa shape index (κ2) is 15.4. The van der Waals surface area contributed by atoms with Crippen LogP contribution in [0, 0.1) is 5.82 Å². The Bertz CT molecular complexity index is 2250. The normalized spacial score (nSPS) is 17.1. The second-order valence-electron chi connectivity index (χ2n) is 13.1. The number of benzene rings is 3. The first-order chi connectivity index (χ1) is 25.2. The Balaban J connectivity index is 1.12. The molecule has 2 aromatic heterocycles. The monoisotopic (exact) mass is 742 g/mol. The Morgan fingerprint density at radius 1 is 0.808 bits per heavy atom. The molecule has 0 saturated carbocycles. The van der Waals surface area contributed by atoms with E-state index in [1.165, 1.54) is 11.5 Å². The zero-order valence-corrected chi connectivity index (χ0v) is 29.9. The molecule has 5 aromatic rings. The van der Waals surface area contributed by atoms with Crippen LogP contribution in [0.2, 0.25) is 10.0 Å². The second-order valence-corrected chi connectivity index (χ2v) is 13.8. The summed E-state index contributed by atoms with van der Waals surface area (Å²) < 4.78 is 23.1. The number of halogens is 3. The van der Waals surface area contributed by atoms with Crippen LogP contribution in [0.5, 0.6) is 5.75 Å². The molecule has 2 aliphatic rings. The van der Waals surface area contributed by atoms with E-state index in [0.717, 1.165) is 18.4 Å². The summed E-state index contributed by atoms with van der Waals surface area (Å²) in [7, 11) is 1.43. The van der Waals surface area contributed by atoms with E-state index in [1.807, 2.05) is 36.4 Å². The summed E-state index contributed by atoms with van der Waals surface area (Å²) in [5, 5.41) is 13.1. The number of nitrogens with one attached hydrogen (secondary N) is 4. The number of methoxy groups -OCH3 is 1. The fraction of sp³-hybridized carbons (Fsp3) is 0.282. The van der Waals surface area contributed by atoms with Crippen molar-refractivity contribution in [1.29, 1.82) is 0 Å². The van der Waals surface area contributed by atoms with Crippen LogP contribution in [0.4, 0.5) is 4.39 Å². The van der Waals surface area contributed by atoms with Crippen molar-refractivity contribution < 1.29 is 18.7 Å². The highest BCUT2D eigenvalue weighted by atomic mass is 35.5. The van der Waals surface area contributed by atoms with Crippen LogP contribution in [0.15, 0.2) is 77.9 Å². The molecule has 0 unspecified atom stereocenters. The molecule has 4 N–H and O–H groups in total. The quantitative estimate of drug-likeness (QED) is 0.126. The molecule has 7 rings (SSSR count).